The molecule has 0 spiro atoms. The van der Waals surface area contributed by atoms with Crippen LogP contribution < -0.4 is 21.2 Å². The molecule has 2 aromatic rings. The molecule has 4 nitrogen and oxygen atoms in total. The van der Waals surface area contributed by atoms with Gasteiger partial charge in [0.1, 0.15) is 11.2 Å². The smallest absolute Gasteiger partial charge is 0.124 e. The van der Waals surface area contributed by atoms with E-state index in [1.165, 1.54) is 173 Å². The molecule has 4 aliphatic carbocycles. The number of nitrogens with one attached hydrogen (secondary N) is 2. The van der Waals surface area contributed by atoms with Crippen LogP contribution in [0.4, 0.5) is 11.4 Å². The van der Waals surface area contributed by atoms with Gasteiger partial charge in [0.25, 0.3) is 0 Å². The number of hydrogen-bond acceptors (Lipinski definition) is 2. The van der Waals surface area contributed by atoms with E-state index in [0.29, 0.717) is 0 Å². The monoisotopic (exact) mass is 806 g/mol. The Labute approximate surface area is 337 Å². The van der Waals surface area contributed by atoms with E-state index < -0.39 is 0 Å². The molecule has 6 rings (SSSR count). The Morgan fingerprint density at radius 3 is 1.41 bits per heavy atom. The summed E-state index contributed by atoms with van der Waals surface area (Å²) in [5.74, 6) is 0.807. The molecule has 0 saturated heterocycles. The molecule has 0 heterocycles. The number of benzene rings is 2. The number of nitrogens with zero attached hydrogens (tertiary/aromatic N) is 2. The number of para-hydroxylation sites is 2. The Balaban J connectivity index is 1.19. The first kappa shape index (κ1) is 42.7. The van der Waals surface area contributed by atoms with Gasteiger partial charge in [-0.15, -0.1) is 18.5 Å². The molecule has 4 aliphatic rings. The summed E-state index contributed by atoms with van der Waals surface area (Å²) in [7, 11) is 5.36. The topological polar surface area (TPSA) is 48.8 Å². The van der Waals surface area contributed by atoms with E-state index in [-0.39, 0.29) is 15.8 Å². The molecule has 2 aromatic carbocycles. The fourth-order valence-corrected chi connectivity index (χ4v) is 18.4. The summed E-state index contributed by atoms with van der Waals surface area (Å²) in [6.45, 7) is 8.94. The SMILES string of the molecule is Cc1cccc(P)c1NC(=NCCCCCN=C(Nc1c(C)cccc1P)P(C1CCCCC1)C1CCCC[C@@H]1C)P(C1CCCCC1)C1CCCCC1. The van der Waals surface area contributed by atoms with E-state index in [0.717, 1.165) is 54.5 Å². The summed E-state index contributed by atoms with van der Waals surface area (Å²) in [5.41, 5.74) is 11.2. The van der Waals surface area contributed by atoms with Crippen molar-refractivity contribution in [3.8, 4) is 0 Å². The number of amidine groups is 2. The van der Waals surface area contributed by atoms with Crippen molar-refractivity contribution in [1.82, 2.24) is 0 Å². The highest BCUT2D eigenvalue weighted by atomic mass is 31.1. The van der Waals surface area contributed by atoms with Gasteiger partial charge in [0.2, 0.25) is 0 Å². The molecule has 4 unspecified atom stereocenters. The number of aliphatic imine (C=N–C) groups is 2. The van der Waals surface area contributed by atoms with Gasteiger partial charge >= 0.3 is 0 Å². The standard InChI is InChI=1S/C46H74N4P4/c1-34-20-14-15-31-42(34)54(39-27-12-6-13-28-39)46(50-44-36(3)22-19-30-41(44)52)48-33-17-7-16-32-47-45(49-43-35(2)21-18-29-40(43)51)53(37-23-8-4-9-24-37)38-25-10-5-11-26-38/h18-19,21-22,29-30,34,37-39,42H,4-17,20,23-28,31-33,51-52H2,1-3H3,(H,47,49)(H,48,50)/t34-,42?,54?/m0/s1. The lowest BCUT2D eigenvalue weighted by molar-refractivity contribution is 0.389. The molecular formula is C46H74N4P4. The fourth-order valence-electron chi connectivity index (χ4n) is 10.1. The molecule has 0 aliphatic heterocycles. The molecule has 0 amide bonds. The van der Waals surface area contributed by atoms with Crippen molar-refractivity contribution in [2.24, 2.45) is 15.9 Å². The maximum absolute atomic E-state index is 5.62. The van der Waals surface area contributed by atoms with E-state index >= 15 is 0 Å². The first-order valence-electron chi connectivity index (χ1n) is 22.3. The molecule has 298 valence electrons. The normalized spacial score (nSPS) is 23.4. The highest BCUT2D eigenvalue weighted by Crippen LogP contribution is 2.59. The zero-order valence-electron chi connectivity index (χ0n) is 34.3. The van der Waals surface area contributed by atoms with E-state index in [1.54, 1.807) is 0 Å². The summed E-state index contributed by atoms with van der Waals surface area (Å²) in [6, 6.07) is 13.4. The minimum Gasteiger partial charge on any atom is -0.340 e. The van der Waals surface area contributed by atoms with Crippen molar-refractivity contribution < 1.29 is 0 Å². The van der Waals surface area contributed by atoms with E-state index in [4.69, 9.17) is 9.98 Å². The van der Waals surface area contributed by atoms with Crippen LogP contribution in [0.3, 0.4) is 0 Å². The van der Waals surface area contributed by atoms with Gasteiger partial charge in [-0.25, -0.2) is 0 Å². The second-order valence-electron chi connectivity index (χ2n) is 17.3. The van der Waals surface area contributed by atoms with Crippen LogP contribution >= 0.6 is 34.3 Å². The van der Waals surface area contributed by atoms with Crippen molar-refractivity contribution in [1.29, 1.82) is 0 Å². The lowest BCUT2D eigenvalue weighted by Crippen LogP contribution is -2.32. The maximum atomic E-state index is 5.62. The first-order valence-corrected chi connectivity index (χ1v) is 26.4. The summed E-state index contributed by atoms with van der Waals surface area (Å²) >= 11 is 0. The van der Waals surface area contributed by atoms with Crippen molar-refractivity contribution in [3.63, 3.8) is 0 Å². The van der Waals surface area contributed by atoms with E-state index in [1.807, 2.05) is 0 Å². The third-order valence-electron chi connectivity index (χ3n) is 13.2. The largest absolute Gasteiger partial charge is 0.340 e. The molecule has 54 heavy (non-hydrogen) atoms. The summed E-state index contributed by atoms with van der Waals surface area (Å²) < 4.78 is 0. The van der Waals surface area contributed by atoms with Crippen LogP contribution in [0, 0.1) is 19.8 Å². The molecule has 5 atom stereocenters. The first-order chi connectivity index (χ1) is 26.4. The van der Waals surface area contributed by atoms with Crippen molar-refractivity contribution in [3.05, 3.63) is 47.5 Å². The molecule has 8 heteroatoms. The molecule has 2 N–H and O–H groups in total. The van der Waals surface area contributed by atoms with Crippen molar-refractivity contribution in [2.75, 3.05) is 23.7 Å². The van der Waals surface area contributed by atoms with Gasteiger partial charge in [-0.3, -0.25) is 9.98 Å². The van der Waals surface area contributed by atoms with Crippen LogP contribution in [0.5, 0.6) is 0 Å². The Kier molecular flexibility index (Phi) is 17.6. The van der Waals surface area contributed by atoms with Gasteiger partial charge in [-0.1, -0.05) is 120 Å². The summed E-state index contributed by atoms with van der Waals surface area (Å²) in [6.07, 6.45) is 30.2. The zero-order valence-corrected chi connectivity index (χ0v) is 38.4. The van der Waals surface area contributed by atoms with Crippen LogP contribution in [0.25, 0.3) is 0 Å². The van der Waals surface area contributed by atoms with Gasteiger partial charge in [-0.05, 0) is 144 Å². The Bertz CT molecular complexity index is 1450. The second kappa shape index (κ2) is 22.3. The van der Waals surface area contributed by atoms with Gasteiger partial charge in [0.15, 0.2) is 0 Å². The third kappa shape index (κ3) is 11.8. The van der Waals surface area contributed by atoms with Crippen LogP contribution in [-0.4, -0.2) is 46.9 Å². The molecule has 0 bridgehead atoms. The number of aryl methyl sites for hydroxylation is 2. The summed E-state index contributed by atoms with van der Waals surface area (Å²) in [5, 5.41) is 10.7. The molecule has 4 fully saturated rings. The van der Waals surface area contributed by atoms with E-state index in [2.05, 4.69) is 86.3 Å². The van der Waals surface area contributed by atoms with Crippen LogP contribution in [0.15, 0.2) is 46.4 Å². The van der Waals surface area contributed by atoms with E-state index in [9.17, 15) is 0 Å². The van der Waals surface area contributed by atoms with Crippen LogP contribution in [0.1, 0.15) is 159 Å². The highest BCUT2D eigenvalue weighted by molar-refractivity contribution is 7.77. The minimum absolute atomic E-state index is 0.300. The Morgan fingerprint density at radius 1 is 0.556 bits per heavy atom. The molecule has 0 radical (unpaired) electrons. The molecule has 0 aromatic heterocycles. The van der Waals surface area contributed by atoms with Crippen LogP contribution in [-0.2, 0) is 0 Å². The Morgan fingerprint density at radius 2 is 0.963 bits per heavy atom. The second-order valence-corrected chi connectivity index (χ2v) is 23.9. The third-order valence-corrected chi connectivity index (χ3v) is 21.1. The number of anilines is 2. The fraction of sp³-hybridized carbons (Fsp3) is 0.696. The van der Waals surface area contributed by atoms with Gasteiger partial charge in [-0.2, -0.15) is 0 Å². The minimum atomic E-state index is -0.335. The predicted octanol–water partition coefficient (Wildman–Crippen LogP) is 13.3. The predicted molar refractivity (Wildman–Crippen MR) is 253 cm³/mol. The zero-order chi connectivity index (χ0) is 37.7. The number of rotatable bonds is 14. The maximum Gasteiger partial charge on any atom is 0.124 e. The quantitative estimate of drug-likeness (QED) is 0.0865. The lowest BCUT2D eigenvalue weighted by atomic mass is 9.90. The Hall–Kier alpha value is -0.900. The van der Waals surface area contributed by atoms with Gasteiger partial charge in [0, 0.05) is 24.5 Å². The van der Waals surface area contributed by atoms with Gasteiger partial charge in [0.05, 0.1) is 0 Å². The molecular weight excluding hydrogens is 732 g/mol. The van der Waals surface area contributed by atoms with Crippen molar-refractivity contribution >= 4 is 67.5 Å². The highest BCUT2D eigenvalue weighted by Gasteiger charge is 2.38. The number of hydrogen-bond donors (Lipinski definition) is 2. The average Bonchev–Trinajstić information content (AvgIpc) is 3.19. The summed E-state index contributed by atoms with van der Waals surface area (Å²) in [4.78, 5) is 11.2. The number of unbranched alkanes of at least 4 members (excludes halogenated alkanes) is 2. The molecule has 4 saturated carbocycles. The van der Waals surface area contributed by atoms with Crippen LogP contribution in [0.2, 0.25) is 0 Å². The van der Waals surface area contributed by atoms with Crippen molar-refractivity contribution in [2.45, 2.75) is 185 Å². The van der Waals surface area contributed by atoms with Gasteiger partial charge < -0.3 is 10.6 Å². The lowest BCUT2D eigenvalue weighted by Gasteiger charge is -2.42. The average molecular weight is 807 g/mol.